The number of aromatic nitrogens is 2. The van der Waals surface area contributed by atoms with Crippen molar-refractivity contribution in [3.05, 3.63) is 155 Å². The van der Waals surface area contributed by atoms with Gasteiger partial charge >= 0.3 is 0 Å². The largest absolute Gasteiger partial charge is 0.313 e. The summed E-state index contributed by atoms with van der Waals surface area (Å²) < 4.78 is 4.62. The molecule has 9 rings (SSSR count). The number of nitrogens with zero attached hydrogens (tertiary/aromatic N) is 5. The first-order valence-corrected chi connectivity index (χ1v) is 17.3. The van der Waals surface area contributed by atoms with Crippen molar-refractivity contribution in [2.45, 2.75) is 32.1 Å². The molecule has 0 saturated carbocycles. The molecule has 1 atom stereocenters. The summed E-state index contributed by atoms with van der Waals surface area (Å²) in [6.45, 7) is 2.32. The second kappa shape index (κ2) is 11.9. The van der Waals surface area contributed by atoms with Gasteiger partial charge in [0.1, 0.15) is 0 Å². The number of fused-ring (bicyclic) bond motifs is 6. The standard InChI is InChI=1S/C46H31N5/c1-29-8-6-15-44-46(29)38-12-3-5-14-42(38)51(44)41-13-4-2-11-36(41)33-18-19-34(28-49)39(25-33)32-9-7-10-35(24-32)50-43-21-17-30(26-47)22-40(43)37-20-16-31(27-48)23-45(37)50/h2-3,5-7,9-12,14-25,29H,4,8,13H2,1H3. The van der Waals surface area contributed by atoms with Crippen molar-refractivity contribution >= 4 is 50.1 Å². The van der Waals surface area contributed by atoms with Crippen LogP contribution in [0.25, 0.3) is 66.9 Å². The van der Waals surface area contributed by atoms with Crippen LogP contribution in [0, 0.1) is 34.0 Å². The minimum atomic E-state index is 0.447. The van der Waals surface area contributed by atoms with E-state index in [9.17, 15) is 15.8 Å². The van der Waals surface area contributed by atoms with Crippen molar-refractivity contribution in [2.24, 2.45) is 0 Å². The Labute approximate surface area is 296 Å². The van der Waals surface area contributed by atoms with Crippen molar-refractivity contribution in [2.75, 3.05) is 0 Å². The maximum Gasteiger partial charge on any atom is 0.0998 e. The Morgan fingerprint density at radius 1 is 0.627 bits per heavy atom. The molecule has 5 aromatic carbocycles. The van der Waals surface area contributed by atoms with E-state index in [0.29, 0.717) is 22.6 Å². The predicted molar refractivity (Wildman–Crippen MR) is 206 cm³/mol. The first-order valence-electron chi connectivity index (χ1n) is 17.3. The molecule has 5 nitrogen and oxygen atoms in total. The fraction of sp³-hybridized carbons (Fsp3) is 0.109. The van der Waals surface area contributed by atoms with Gasteiger partial charge in [-0.05, 0) is 109 Å². The van der Waals surface area contributed by atoms with Gasteiger partial charge in [0.2, 0.25) is 0 Å². The van der Waals surface area contributed by atoms with Crippen molar-refractivity contribution < 1.29 is 0 Å². The second-order valence-corrected chi connectivity index (χ2v) is 13.4. The van der Waals surface area contributed by atoms with Gasteiger partial charge in [0.05, 0.1) is 51.4 Å². The van der Waals surface area contributed by atoms with E-state index < -0.39 is 0 Å². The zero-order chi connectivity index (χ0) is 34.6. The molecule has 0 amide bonds. The average molecular weight is 654 g/mol. The molecule has 0 aliphatic heterocycles. The van der Waals surface area contributed by atoms with Crippen LogP contribution in [-0.4, -0.2) is 9.13 Å². The lowest BCUT2D eigenvalue weighted by Gasteiger charge is -2.23. The Balaban J connectivity index is 1.24. The lowest BCUT2D eigenvalue weighted by molar-refractivity contribution is 0.772. The summed E-state index contributed by atoms with van der Waals surface area (Å²) in [6, 6.07) is 41.6. The van der Waals surface area contributed by atoms with Crippen LogP contribution in [0.2, 0.25) is 0 Å². The van der Waals surface area contributed by atoms with Gasteiger partial charge in [-0.1, -0.05) is 67.6 Å². The topological polar surface area (TPSA) is 81.2 Å². The Kier molecular flexibility index (Phi) is 7.06. The van der Waals surface area contributed by atoms with Gasteiger partial charge in [-0.3, -0.25) is 0 Å². The van der Waals surface area contributed by atoms with Crippen molar-refractivity contribution in [3.63, 3.8) is 0 Å². The van der Waals surface area contributed by atoms with Crippen LogP contribution in [0.3, 0.4) is 0 Å². The SMILES string of the molecule is CC1CC=Cc2c1c1ccccc1n2C1=C(c2ccc(C#N)c(-c3cccc(-n4c5ccc(C#N)cc5c5ccc(C#N)cc54)c3)c2)C=CCC1. The first kappa shape index (κ1) is 30.2. The molecule has 0 spiro atoms. The summed E-state index contributed by atoms with van der Waals surface area (Å²) in [5, 5.41) is 33.0. The Hall–Kier alpha value is -6.87. The monoisotopic (exact) mass is 653 g/mol. The van der Waals surface area contributed by atoms with E-state index in [1.807, 2.05) is 48.5 Å². The molecule has 0 radical (unpaired) electrons. The van der Waals surface area contributed by atoms with Crippen LogP contribution in [0.5, 0.6) is 0 Å². The number of hydrogen-bond acceptors (Lipinski definition) is 3. The minimum absolute atomic E-state index is 0.447. The van der Waals surface area contributed by atoms with Crippen molar-refractivity contribution in [1.82, 2.24) is 9.13 Å². The molecule has 2 aliphatic rings. The van der Waals surface area contributed by atoms with E-state index >= 15 is 0 Å². The molecule has 2 aliphatic carbocycles. The quantitative estimate of drug-likeness (QED) is 0.190. The van der Waals surface area contributed by atoms with Gasteiger partial charge in [0.15, 0.2) is 0 Å². The number of allylic oxidation sites excluding steroid dienone is 5. The third kappa shape index (κ3) is 4.74. The zero-order valence-electron chi connectivity index (χ0n) is 28.1. The van der Waals surface area contributed by atoms with E-state index in [1.54, 1.807) is 0 Å². The molecule has 1 unspecified atom stereocenters. The van der Waals surface area contributed by atoms with Gasteiger partial charge in [0.25, 0.3) is 0 Å². The van der Waals surface area contributed by atoms with Gasteiger partial charge < -0.3 is 9.13 Å². The predicted octanol–water partition coefficient (Wildman–Crippen LogP) is 11.3. The Morgan fingerprint density at radius 3 is 2.31 bits per heavy atom. The molecular weight excluding hydrogens is 623 g/mol. The Morgan fingerprint density at radius 2 is 1.45 bits per heavy atom. The highest BCUT2D eigenvalue weighted by Gasteiger charge is 2.26. The molecule has 0 N–H and O–H groups in total. The van der Waals surface area contributed by atoms with Crippen LogP contribution >= 0.6 is 0 Å². The maximum absolute atomic E-state index is 10.4. The molecule has 0 saturated heterocycles. The highest BCUT2D eigenvalue weighted by molar-refractivity contribution is 6.10. The van der Waals surface area contributed by atoms with Crippen LogP contribution in [0.4, 0.5) is 0 Å². The molecule has 0 fully saturated rings. The van der Waals surface area contributed by atoms with Crippen molar-refractivity contribution in [3.8, 4) is 35.0 Å². The molecular formula is C46H31N5. The first-order chi connectivity index (χ1) is 25.1. The second-order valence-electron chi connectivity index (χ2n) is 13.4. The lowest BCUT2D eigenvalue weighted by atomic mass is 9.90. The molecule has 0 bridgehead atoms. The average Bonchev–Trinajstić information content (AvgIpc) is 3.70. The van der Waals surface area contributed by atoms with Gasteiger partial charge in [-0.25, -0.2) is 0 Å². The number of benzene rings is 5. The fourth-order valence-electron chi connectivity index (χ4n) is 8.21. The maximum atomic E-state index is 10.4. The third-order valence-electron chi connectivity index (χ3n) is 10.5. The molecule has 2 heterocycles. The van der Waals surface area contributed by atoms with Crippen LogP contribution < -0.4 is 0 Å². The third-order valence-corrected chi connectivity index (χ3v) is 10.5. The molecule has 2 aromatic heterocycles. The van der Waals surface area contributed by atoms with Gasteiger partial charge in [0, 0.05) is 44.4 Å². The van der Waals surface area contributed by atoms with E-state index in [2.05, 4.69) is 113 Å². The summed E-state index contributed by atoms with van der Waals surface area (Å²) in [6.07, 6.45) is 12.0. The summed E-state index contributed by atoms with van der Waals surface area (Å²) in [5.41, 5.74) is 13.7. The fourth-order valence-corrected chi connectivity index (χ4v) is 8.21. The van der Waals surface area contributed by atoms with Crippen LogP contribution in [0.1, 0.15) is 65.6 Å². The van der Waals surface area contributed by atoms with Gasteiger partial charge in [-0.2, -0.15) is 15.8 Å². The lowest BCUT2D eigenvalue weighted by Crippen LogP contribution is -2.07. The summed E-state index contributed by atoms with van der Waals surface area (Å²) in [5.74, 6) is 0.447. The summed E-state index contributed by atoms with van der Waals surface area (Å²) >= 11 is 0. The highest BCUT2D eigenvalue weighted by atomic mass is 15.0. The summed E-state index contributed by atoms with van der Waals surface area (Å²) in [7, 11) is 0. The van der Waals surface area contributed by atoms with E-state index in [0.717, 1.165) is 69.0 Å². The molecule has 240 valence electrons. The number of hydrogen-bond donors (Lipinski definition) is 0. The van der Waals surface area contributed by atoms with Gasteiger partial charge in [-0.15, -0.1) is 0 Å². The summed E-state index contributed by atoms with van der Waals surface area (Å²) in [4.78, 5) is 0. The highest BCUT2D eigenvalue weighted by Crippen LogP contribution is 2.43. The number of nitriles is 3. The van der Waals surface area contributed by atoms with Crippen molar-refractivity contribution in [1.29, 1.82) is 15.8 Å². The molecule has 5 heteroatoms. The zero-order valence-corrected chi connectivity index (χ0v) is 28.1. The number of rotatable bonds is 4. The number of para-hydroxylation sites is 1. The van der Waals surface area contributed by atoms with Crippen LogP contribution in [-0.2, 0) is 0 Å². The Bertz CT molecular complexity index is 2830. The smallest absolute Gasteiger partial charge is 0.0998 e. The van der Waals surface area contributed by atoms with E-state index in [-0.39, 0.29) is 0 Å². The van der Waals surface area contributed by atoms with Crippen LogP contribution in [0.15, 0.2) is 121 Å². The van der Waals surface area contributed by atoms with E-state index in [1.165, 1.54) is 27.9 Å². The molecule has 51 heavy (non-hydrogen) atoms. The van der Waals surface area contributed by atoms with E-state index in [4.69, 9.17) is 0 Å². The minimum Gasteiger partial charge on any atom is -0.313 e. The normalized spacial score (nSPS) is 15.2. The molecule has 7 aromatic rings.